The van der Waals surface area contributed by atoms with Crippen LogP contribution >= 0.6 is 24.8 Å². The van der Waals surface area contributed by atoms with Crippen LogP contribution in [0.3, 0.4) is 0 Å². The number of rotatable bonds is 0. The van der Waals surface area contributed by atoms with Crippen LogP contribution in [0, 0.1) is 0 Å². The van der Waals surface area contributed by atoms with Crippen LogP contribution in [0.25, 0.3) is 0 Å². The first-order chi connectivity index (χ1) is 3.15. The molecule has 10 heavy (non-hydrogen) atoms. The van der Waals surface area contributed by atoms with Gasteiger partial charge in [0.2, 0.25) is 0 Å². The van der Waals surface area contributed by atoms with E-state index in [1.165, 1.54) is 4.70 Å². The van der Waals surface area contributed by atoms with Crippen LogP contribution in [-0.2, 0) is 4.79 Å². The van der Waals surface area contributed by atoms with Crippen LogP contribution in [0.15, 0.2) is 0 Å². The number of carboxylic acid groups (broad SMARTS) is 1. The van der Waals surface area contributed by atoms with Gasteiger partial charge in [0.15, 0.2) is 0 Å². The SMILES string of the molecule is CC(=O)O.N.N.S=CS.[SrH2]. The van der Waals surface area contributed by atoms with Crippen molar-refractivity contribution in [2.75, 3.05) is 0 Å². The third-order valence-electron chi connectivity index (χ3n) is 0. The topological polar surface area (TPSA) is 107 Å². The first-order valence-corrected chi connectivity index (χ1v) is 2.41. The summed E-state index contributed by atoms with van der Waals surface area (Å²) in [6.45, 7) is 1.08. The fourth-order valence-corrected chi connectivity index (χ4v) is 0. The van der Waals surface area contributed by atoms with Gasteiger partial charge in [0.25, 0.3) is 5.97 Å². The van der Waals surface area contributed by atoms with Crippen LogP contribution in [-0.4, -0.2) is 61.3 Å². The molecule has 4 nitrogen and oxygen atoms in total. The number of hydrogen-bond donors (Lipinski definition) is 4. The molecule has 0 spiro atoms. The van der Waals surface area contributed by atoms with E-state index in [4.69, 9.17) is 9.90 Å². The van der Waals surface area contributed by atoms with E-state index in [-0.39, 0.29) is 57.8 Å². The Morgan fingerprint density at radius 1 is 1.60 bits per heavy atom. The van der Waals surface area contributed by atoms with Crippen LogP contribution in [0.5, 0.6) is 0 Å². The molecule has 0 aromatic rings. The van der Waals surface area contributed by atoms with Crippen LogP contribution in [0.1, 0.15) is 6.92 Å². The van der Waals surface area contributed by atoms with E-state index in [9.17, 15) is 0 Å². The molecule has 0 saturated heterocycles. The van der Waals surface area contributed by atoms with Gasteiger partial charge < -0.3 is 17.4 Å². The zero-order chi connectivity index (χ0) is 6.28. The normalized spacial score (nSPS) is 3.80. The van der Waals surface area contributed by atoms with Gasteiger partial charge in [-0.15, -0.1) is 12.6 Å². The number of thiol groups is 1. The van der Waals surface area contributed by atoms with Crippen LogP contribution in [0.4, 0.5) is 0 Å². The maximum atomic E-state index is 9.00. The van der Waals surface area contributed by atoms with Gasteiger partial charge in [-0.25, -0.2) is 0 Å². The summed E-state index contributed by atoms with van der Waals surface area (Å²) in [5, 5.41) is 7.42. The summed E-state index contributed by atoms with van der Waals surface area (Å²) in [6, 6.07) is 0. The average Bonchev–Trinajstić information content (AvgIpc) is 1.33. The fourth-order valence-electron chi connectivity index (χ4n) is 0. The molecule has 0 aromatic heterocycles. The van der Waals surface area contributed by atoms with Crippen molar-refractivity contribution in [1.29, 1.82) is 0 Å². The molecular formula is C3H14N2O2S2Sr. The summed E-state index contributed by atoms with van der Waals surface area (Å²) in [5.74, 6) is -0.833. The molecule has 62 valence electrons. The Labute approximate surface area is 109 Å². The minimum atomic E-state index is -0.833. The number of carboxylic acids is 1. The van der Waals surface area contributed by atoms with Crippen molar-refractivity contribution < 1.29 is 9.90 Å². The molecule has 0 aliphatic carbocycles. The van der Waals surface area contributed by atoms with Crippen molar-refractivity contribution in [2.24, 2.45) is 0 Å². The Morgan fingerprint density at radius 3 is 1.60 bits per heavy atom. The van der Waals surface area contributed by atoms with E-state index in [0.29, 0.717) is 0 Å². The first kappa shape index (κ1) is 30.2. The zero-order valence-electron chi connectivity index (χ0n) is 5.20. The van der Waals surface area contributed by atoms with Gasteiger partial charge in [0, 0.05) is 11.6 Å². The number of carbonyl (C=O) groups is 1. The quantitative estimate of drug-likeness (QED) is 0.286. The predicted octanol–water partition coefficient (Wildman–Crippen LogP) is 0.372. The molecule has 0 fully saturated rings. The maximum absolute atomic E-state index is 9.00. The molecule has 0 rings (SSSR count). The summed E-state index contributed by atoms with van der Waals surface area (Å²) in [7, 11) is 0. The van der Waals surface area contributed by atoms with E-state index < -0.39 is 5.97 Å². The molecule has 0 aliphatic heterocycles. The molecule has 0 atom stereocenters. The number of thiocarbonyl (C=S) groups is 1. The summed E-state index contributed by atoms with van der Waals surface area (Å²) in [5.41, 5.74) is 0. The van der Waals surface area contributed by atoms with Crippen molar-refractivity contribution in [2.45, 2.75) is 6.92 Å². The second kappa shape index (κ2) is 31.7. The molecule has 0 bridgehead atoms. The standard InChI is InChI=1S/C2H4O2.CH2S2.2H3N.Sr.2H/c1-2(3)4;2-1-3;;;;;/h1H3,(H,3,4);1H,(H,2,3);2*1H3;;;. The van der Waals surface area contributed by atoms with E-state index in [0.717, 1.165) is 6.92 Å². The van der Waals surface area contributed by atoms with E-state index >= 15 is 0 Å². The first-order valence-electron chi connectivity index (χ1n) is 1.42. The van der Waals surface area contributed by atoms with Gasteiger partial charge in [-0.3, -0.25) is 4.79 Å². The van der Waals surface area contributed by atoms with Crippen LogP contribution in [0.2, 0.25) is 0 Å². The van der Waals surface area contributed by atoms with Gasteiger partial charge >= 0.3 is 45.5 Å². The van der Waals surface area contributed by atoms with Gasteiger partial charge in [-0.05, 0) is 0 Å². The summed E-state index contributed by atoms with van der Waals surface area (Å²) in [6.07, 6.45) is 0. The number of hydrogen-bond acceptors (Lipinski definition) is 4. The van der Waals surface area contributed by atoms with Gasteiger partial charge in [0.05, 0.1) is 0 Å². The Kier molecular flexibility index (Phi) is 95.7. The van der Waals surface area contributed by atoms with Crippen molar-refractivity contribution in [1.82, 2.24) is 12.3 Å². The molecule has 0 aliphatic rings. The molecule has 0 unspecified atom stereocenters. The molecule has 0 saturated carbocycles. The zero-order valence-corrected chi connectivity index (χ0v) is 6.91. The monoisotopic (exact) mass is 262 g/mol. The summed E-state index contributed by atoms with van der Waals surface area (Å²) < 4.78 is 1.28. The number of aliphatic carboxylic acids is 1. The fraction of sp³-hybridized carbons (Fsp3) is 0.333. The molecule has 7 heteroatoms. The second-order valence-electron chi connectivity index (χ2n) is 0.624. The average molecular weight is 262 g/mol. The van der Waals surface area contributed by atoms with Gasteiger partial charge in [-0.2, -0.15) is 0 Å². The Morgan fingerprint density at radius 2 is 1.60 bits per heavy atom. The van der Waals surface area contributed by atoms with Crippen molar-refractivity contribution in [3.63, 3.8) is 0 Å². The Bertz CT molecular complexity index is 69.5. The molecular weight excluding hydrogens is 248 g/mol. The van der Waals surface area contributed by atoms with Crippen molar-refractivity contribution in [3.8, 4) is 0 Å². The second-order valence-corrected chi connectivity index (χ2v) is 1.47. The van der Waals surface area contributed by atoms with Gasteiger partial charge in [0.1, 0.15) is 0 Å². The third kappa shape index (κ3) is 374. The molecule has 7 N–H and O–H groups in total. The summed E-state index contributed by atoms with van der Waals surface area (Å²) in [4.78, 5) is 9.00. The van der Waals surface area contributed by atoms with Gasteiger partial charge in [-0.1, -0.05) is 12.2 Å². The van der Waals surface area contributed by atoms with Crippen molar-refractivity contribution in [3.05, 3.63) is 0 Å². The molecule has 0 amide bonds. The third-order valence-corrected chi connectivity index (χ3v) is 0. The molecule has 0 aromatic carbocycles. The minimum absolute atomic E-state index is 0. The Hall–Kier alpha value is 1.31. The van der Waals surface area contributed by atoms with E-state index in [1.54, 1.807) is 0 Å². The van der Waals surface area contributed by atoms with Crippen molar-refractivity contribution >= 4 is 81.0 Å². The Balaban J connectivity index is -0.0000000131. The van der Waals surface area contributed by atoms with Crippen LogP contribution < -0.4 is 12.3 Å². The van der Waals surface area contributed by atoms with E-state index in [1.807, 2.05) is 0 Å². The van der Waals surface area contributed by atoms with E-state index in [2.05, 4.69) is 24.8 Å². The molecule has 0 heterocycles. The predicted molar refractivity (Wildman–Crippen MR) is 54.5 cm³/mol. The molecule has 0 radical (unpaired) electrons. The summed E-state index contributed by atoms with van der Waals surface area (Å²) >= 11 is 7.61.